The number of nitrogens with zero attached hydrogens (tertiary/aromatic N) is 1. The molecule has 0 spiro atoms. The topological polar surface area (TPSA) is 41.6 Å². The van der Waals surface area contributed by atoms with Gasteiger partial charge in [-0.15, -0.1) is 0 Å². The SMILES string of the molecule is C[C@@H]1CN(C(=O)NC23CC4CC(CC(C4)C2)C3)c2cc(Cl)ccc2O1. The van der Waals surface area contributed by atoms with Crippen molar-refractivity contribution in [2.75, 3.05) is 11.4 Å². The van der Waals surface area contributed by atoms with Crippen LogP contribution in [0, 0.1) is 17.8 Å². The normalized spacial score (nSPS) is 38.2. The van der Waals surface area contributed by atoms with E-state index < -0.39 is 0 Å². The molecular formula is C20H25ClN2O2. The molecule has 1 aliphatic heterocycles. The number of anilines is 1. The average molecular weight is 361 g/mol. The van der Waals surface area contributed by atoms with Crippen LogP contribution in [0.15, 0.2) is 18.2 Å². The Balaban J connectivity index is 1.41. The summed E-state index contributed by atoms with van der Waals surface area (Å²) in [5, 5.41) is 4.09. The first-order valence-electron chi connectivity index (χ1n) is 9.55. The molecule has 1 N–H and O–H groups in total. The zero-order valence-electron chi connectivity index (χ0n) is 14.6. The molecule has 1 aromatic rings. The van der Waals surface area contributed by atoms with Gasteiger partial charge in [-0.3, -0.25) is 4.90 Å². The lowest BCUT2D eigenvalue weighted by Gasteiger charge is -2.57. The van der Waals surface area contributed by atoms with Crippen LogP contribution in [0.1, 0.15) is 45.4 Å². The molecule has 1 atom stereocenters. The Hall–Kier alpha value is -1.42. The second-order valence-electron chi connectivity index (χ2n) is 8.78. The highest BCUT2D eigenvalue weighted by atomic mass is 35.5. The van der Waals surface area contributed by atoms with E-state index >= 15 is 0 Å². The molecule has 25 heavy (non-hydrogen) atoms. The van der Waals surface area contributed by atoms with E-state index in [0.717, 1.165) is 48.5 Å². The average Bonchev–Trinajstić information content (AvgIpc) is 2.52. The highest BCUT2D eigenvalue weighted by Crippen LogP contribution is 2.55. The van der Waals surface area contributed by atoms with Gasteiger partial charge in [0, 0.05) is 10.6 Å². The third kappa shape index (κ3) is 2.69. The highest BCUT2D eigenvalue weighted by molar-refractivity contribution is 6.31. The van der Waals surface area contributed by atoms with E-state index in [9.17, 15) is 4.79 Å². The van der Waals surface area contributed by atoms with Crippen LogP contribution in [0.2, 0.25) is 5.02 Å². The van der Waals surface area contributed by atoms with Crippen molar-refractivity contribution in [2.45, 2.75) is 57.1 Å². The van der Waals surface area contributed by atoms with E-state index in [4.69, 9.17) is 16.3 Å². The predicted octanol–water partition coefficient (Wildman–Crippen LogP) is 4.61. The number of rotatable bonds is 1. The molecule has 5 aliphatic rings. The Morgan fingerprint density at radius 2 is 1.84 bits per heavy atom. The Labute approximate surface area is 153 Å². The highest BCUT2D eigenvalue weighted by Gasteiger charge is 2.52. The van der Waals surface area contributed by atoms with Crippen LogP contribution in [0.5, 0.6) is 5.75 Å². The molecular weight excluding hydrogens is 336 g/mol. The second kappa shape index (κ2) is 5.54. The van der Waals surface area contributed by atoms with Crippen molar-refractivity contribution in [3.63, 3.8) is 0 Å². The summed E-state index contributed by atoms with van der Waals surface area (Å²) >= 11 is 6.17. The monoisotopic (exact) mass is 360 g/mol. The Kier molecular flexibility index (Phi) is 3.50. The Morgan fingerprint density at radius 3 is 2.48 bits per heavy atom. The Bertz CT molecular complexity index is 684. The van der Waals surface area contributed by atoms with Gasteiger partial charge in [0.15, 0.2) is 0 Å². The van der Waals surface area contributed by atoms with Crippen LogP contribution < -0.4 is 15.0 Å². The molecule has 4 aliphatic carbocycles. The number of hydrogen-bond donors (Lipinski definition) is 1. The summed E-state index contributed by atoms with van der Waals surface area (Å²) in [5.74, 6) is 3.19. The van der Waals surface area contributed by atoms with Gasteiger partial charge >= 0.3 is 6.03 Å². The lowest BCUT2D eigenvalue weighted by molar-refractivity contribution is -0.0132. The van der Waals surface area contributed by atoms with E-state index in [1.165, 1.54) is 19.3 Å². The molecule has 4 fully saturated rings. The molecule has 0 unspecified atom stereocenters. The number of benzene rings is 1. The standard InChI is InChI=1S/C20H25ClN2O2/c1-12-11-23(17-7-16(21)2-3-18(17)25-12)19(24)22-20-8-13-4-14(9-20)6-15(5-13)10-20/h2-3,7,12-15H,4-6,8-11H2,1H3,(H,22,24)/t12-,13?,14?,15?,20?/m1/s1. The third-order valence-corrected chi connectivity index (χ3v) is 6.87. The maximum atomic E-state index is 13.2. The smallest absolute Gasteiger partial charge is 0.322 e. The van der Waals surface area contributed by atoms with Gasteiger partial charge in [0.1, 0.15) is 11.9 Å². The van der Waals surface area contributed by atoms with Crippen molar-refractivity contribution in [2.24, 2.45) is 17.8 Å². The molecule has 0 radical (unpaired) electrons. The molecule has 1 aromatic carbocycles. The number of amides is 2. The third-order valence-electron chi connectivity index (χ3n) is 6.64. The minimum absolute atomic E-state index is 0.0145. The zero-order valence-corrected chi connectivity index (χ0v) is 15.4. The van der Waals surface area contributed by atoms with Gasteiger partial charge in [-0.2, -0.15) is 0 Å². The van der Waals surface area contributed by atoms with Crippen molar-refractivity contribution in [3.8, 4) is 5.75 Å². The molecule has 2 amide bonds. The van der Waals surface area contributed by atoms with Crippen molar-refractivity contribution in [3.05, 3.63) is 23.2 Å². The molecule has 4 saturated carbocycles. The number of hydrogen-bond acceptors (Lipinski definition) is 2. The van der Waals surface area contributed by atoms with Gasteiger partial charge in [0.05, 0.1) is 12.2 Å². The number of fused-ring (bicyclic) bond motifs is 1. The van der Waals surface area contributed by atoms with Gasteiger partial charge < -0.3 is 10.1 Å². The number of carbonyl (C=O) groups is 1. The number of ether oxygens (including phenoxy) is 1. The minimum Gasteiger partial charge on any atom is -0.487 e. The molecule has 5 heteroatoms. The lowest BCUT2D eigenvalue weighted by Crippen LogP contribution is -2.62. The fraction of sp³-hybridized carbons (Fsp3) is 0.650. The largest absolute Gasteiger partial charge is 0.487 e. The van der Waals surface area contributed by atoms with Crippen LogP contribution in [0.3, 0.4) is 0 Å². The summed E-state index contributed by atoms with van der Waals surface area (Å²) in [6.45, 7) is 2.56. The summed E-state index contributed by atoms with van der Waals surface area (Å²) < 4.78 is 5.88. The van der Waals surface area contributed by atoms with E-state index in [2.05, 4.69) is 5.32 Å². The summed E-state index contributed by atoms with van der Waals surface area (Å²) in [6, 6.07) is 5.52. The molecule has 6 rings (SSSR count). The number of carbonyl (C=O) groups excluding carboxylic acids is 1. The summed E-state index contributed by atoms with van der Waals surface area (Å²) in [5.41, 5.74) is 0.805. The van der Waals surface area contributed by atoms with Crippen molar-refractivity contribution < 1.29 is 9.53 Å². The quantitative estimate of drug-likeness (QED) is 0.794. The fourth-order valence-electron chi connectivity index (χ4n) is 6.16. The van der Waals surface area contributed by atoms with Crippen molar-refractivity contribution >= 4 is 23.3 Å². The summed E-state index contributed by atoms with van der Waals surface area (Å²) in [7, 11) is 0. The predicted molar refractivity (Wildman–Crippen MR) is 98.3 cm³/mol. The van der Waals surface area contributed by atoms with Crippen LogP contribution in [0.25, 0.3) is 0 Å². The van der Waals surface area contributed by atoms with E-state index in [-0.39, 0.29) is 17.7 Å². The van der Waals surface area contributed by atoms with E-state index in [0.29, 0.717) is 11.6 Å². The lowest BCUT2D eigenvalue weighted by atomic mass is 9.53. The zero-order chi connectivity index (χ0) is 17.2. The molecule has 4 bridgehead atoms. The van der Waals surface area contributed by atoms with Gasteiger partial charge in [0.25, 0.3) is 0 Å². The first-order valence-corrected chi connectivity index (χ1v) is 9.93. The number of halogens is 1. The van der Waals surface area contributed by atoms with E-state index in [1.807, 2.05) is 30.0 Å². The van der Waals surface area contributed by atoms with Gasteiger partial charge in [0.2, 0.25) is 0 Å². The van der Waals surface area contributed by atoms with Crippen LogP contribution >= 0.6 is 11.6 Å². The summed E-state index contributed by atoms with van der Waals surface area (Å²) in [4.78, 5) is 15.0. The minimum atomic E-state index is -0.0178. The van der Waals surface area contributed by atoms with Gasteiger partial charge in [-0.05, 0) is 81.4 Å². The summed E-state index contributed by atoms with van der Waals surface area (Å²) in [6.07, 6.45) is 7.59. The molecule has 4 nitrogen and oxygen atoms in total. The van der Waals surface area contributed by atoms with Crippen molar-refractivity contribution in [1.82, 2.24) is 5.32 Å². The molecule has 0 aromatic heterocycles. The maximum absolute atomic E-state index is 13.2. The Morgan fingerprint density at radius 1 is 1.20 bits per heavy atom. The van der Waals surface area contributed by atoms with Crippen LogP contribution in [0.4, 0.5) is 10.5 Å². The maximum Gasteiger partial charge on any atom is 0.322 e. The van der Waals surface area contributed by atoms with Gasteiger partial charge in [-0.1, -0.05) is 11.6 Å². The van der Waals surface area contributed by atoms with Gasteiger partial charge in [-0.25, -0.2) is 4.79 Å². The molecule has 0 saturated heterocycles. The number of urea groups is 1. The first-order chi connectivity index (χ1) is 12.0. The van der Waals surface area contributed by atoms with Crippen molar-refractivity contribution in [1.29, 1.82) is 0 Å². The van der Waals surface area contributed by atoms with E-state index in [1.54, 1.807) is 0 Å². The molecule has 134 valence electrons. The van der Waals surface area contributed by atoms with Crippen LogP contribution in [-0.4, -0.2) is 24.2 Å². The second-order valence-corrected chi connectivity index (χ2v) is 9.22. The van der Waals surface area contributed by atoms with Crippen LogP contribution in [-0.2, 0) is 0 Å². The molecule has 1 heterocycles. The number of nitrogens with one attached hydrogen (secondary N) is 1. The fourth-order valence-corrected chi connectivity index (χ4v) is 6.33. The first kappa shape index (κ1) is 15.8.